The van der Waals surface area contributed by atoms with E-state index >= 15 is 0 Å². The van der Waals surface area contributed by atoms with Crippen molar-refractivity contribution in [2.75, 3.05) is 38.2 Å². The largest absolute Gasteiger partial charge is 0.395 e. The number of β-amino-alcohol motifs (C(OH)–C–C–N with tert-alkyl or cyclic N) is 1. The standard InChI is InChI=1S/C31H37N3O5/c1-6-14-32(5)27(36)24-25-28(37)34(16-17-35)26(31(25)19-20(3)30(24,4)39-31)29(38)33(15-7-2)23-13-12-21-10-8-9-11-22(21)18-23/h6-13,18,20,24-26,35H,1-2,14-17,19H2,3-5H3/t20?,24-,25-,26?,30+,31?/m0/s1. The first-order chi connectivity index (χ1) is 18.6. The van der Waals surface area contributed by atoms with Gasteiger partial charge in [-0.3, -0.25) is 14.4 Å². The Kier molecular flexibility index (Phi) is 6.89. The molecule has 3 aliphatic rings. The van der Waals surface area contributed by atoms with Crippen LogP contribution < -0.4 is 4.90 Å². The number of carbonyl (C=O) groups excluding carboxylic acids is 3. The van der Waals surface area contributed by atoms with E-state index < -0.39 is 29.1 Å². The number of hydrogen-bond donors (Lipinski definition) is 1. The van der Waals surface area contributed by atoms with E-state index in [4.69, 9.17) is 4.74 Å². The van der Waals surface area contributed by atoms with Crippen molar-refractivity contribution in [2.24, 2.45) is 17.8 Å². The Morgan fingerprint density at radius 1 is 1.13 bits per heavy atom. The minimum Gasteiger partial charge on any atom is -0.395 e. The molecule has 206 valence electrons. The predicted molar refractivity (Wildman–Crippen MR) is 150 cm³/mol. The summed E-state index contributed by atoms with van der Waals surface area (Å²) >= 11 is 0. The third-order valence-electron chi connectivity index (χ3n) is 9.06. The number of aliphatic hydroxyl groups is 1. The maximum Gasteiger partial charge on any atom is 0.253 e. The zero-order valence-electron chi connectivity index (χ0n) is 22.9. The third kappa shape index (κ3) is 3.92. The van der Waals surface area contributed by atoms with Gasteiger partial charge in [0.15, 0.2) is 0 Å². The lowest BCUT2D eigenvalue weighted by Crippen LogP contribution is -2.57. The van der Waals surface area contributed by atoms with Crippen LogP contribution in [0, 0.1) is 17.8 Å². The van der Waals surface area contributed by atoms with E-state index in [0.717, 1.165) is 10.8 Å². The van der Waals surface area contributed by atoms with Crippen molar-refractivity contribution in [1.29, 1.82) is 0 Å². The van der Waals surface area contributed by atoms with Crippen LogP contribution in [-0.4, -0.2) is 83.2 Å². The van der Waals surface area contributed by atoms with Gasteiger partial charge in [-0.15, -0.1) is 13.2 Å². The molecule has 3 saturated heterocycles. The number of likely N-dealkylation sites (tertiary alicyclic amines) is 1. The lowest BCUT2D eigenvalue weighted by molar-refractivity contribution is -0.150. The van der Waals surface area contributed by atoms with Crippen LogP contribution in [0.25, 0.3) is 10.8 Å². The molecule has 3 unspecified atom stereocenters. The summed E-state index contributed by atoms with van der Waals surface area (Å²) in [6.45, 7) is 11.8. The monoisotopic (exact) mass is 531 g/mol. The summed E-state index contributed by atoms with van der Waals surface area (Å²) in [7, 11) is 1.69. The molecule has 6 atom stereocenters. The Bertz CT molecular complexity index is 1340. The highest BCUT2D eigenvalue weighted by Crippen LogP contribution is 2.65. The fourth-order valence-electron chi connectivity index (χ4n) is 7.21. The number of fused-ring (bicyclic) bond motifs is 2. The molecule has 3 fully saturated rings. The first kappa shape index (κ1) is 27.1. The molecule has 0 saturated carbocycles. The van der Waals surface area contributed by atoms with Crippen molar-refractivity contribution in [3.05, 3.63) is 67.8 Å². The van der Waals surface area contributed by atoms with Crippen LogP contribution in [0.5, 0.6) is 0 Å². The molecule has 39 heavy (non-hydrogen) atoms. The van der Waals surface area contributed by atoms with Gasteiger partial charge < -0.3 is 24.5 Å². The number of amides is 3. The highest BCUT2D eigenvalue weighted by molar-refractivity contribution is 6.06. The number of carbonyl (C=O) groups is 3. The van der Waals surface area contributed by atoms with Gasteiger partial charge in [0.05, 0.1) is 24.0 Å². The van der Waals surface area contributed by atoms with Gasteiger partial charge in [-0.25, -0.2) is 0 Å². The van der Waals surface area contributed by atoms with Gasteiger partial charge >= 0.3 is 0 Å². The van der Waals surface area contributed by atoms with Crippen LogP contribution >= 0.6 is 0 Å². The van der Waals surface area contributed by atoms with Crippen LogP contribution in [-0.2, 0) is 19.1 Å². The van der Waals surface area contributed by atoms with Crippen molar-refractivity contribution < 1.29 is 24.2 Å². The molecule has 2 aromatic carbocycles. The second-order valence-electron chi connectivity index (χ2n) is 11.2. The zero-order chi connectivity index (χ0) is 28.1. The van der Waals surface area contributed by atoms with Crippen LogP contribution in [0.2, 0.25) is 0 Å². The highest BCUT2D eigenvalue weighted by atomic mass is 16.5. The smallest absolute Gasteiger partial charge is 0.253 e. The Morgan fingerprint density at radius 2 is 1.82 bits per heavy atom. The second-order valence-corrected chi connectivity index (χ2v) is 11.2. The van der Waals surface area contributed by atoms with Crippen molar-refractivity contribution >= 4 is 34.2 Å². The highest BCUT2D eigenvalue weighted by Gasteiger charge is 2.80. The van der Waals surface area contributed by atoms with E-state index in [0.29, 0.717) is 18.7 Å². The summed E-state index contributed by atoms with van der Waals surface area (Å²) < 4.78 is 6.77. The maximum absolute atomic E-state index is 14.6. The number of nitrogens with zero attached hydrogens (tertiary/aromatic N) is 3. The number of benzene rings is 2. The van der Waals surface area contributed by atoms with E-state index in [1.54, 1.807) is 29.0 Å². The molecule has 3 heterocycles. The average Bonchev–Trinajstić information content (AvgIpc) is 3.43. The van der Waals surface area contributed by atoms with Crippen LogP contribution in [0.1, 0.15) is 20.3 Å². The summed E-state index contributed by atoms with van der Waals surface area (Å²) in [5, 5.41) is 12.0. The summed E-state index contributed by atoms with van der Waals surface area (Å²) in [5.41, 5.74) is -1.40. The molecule has 8 heteroatoms. The van der Waals surface area contributed by atoms with Gasteiger partial charge in [-0.05, 0) is 42.2 Å². The fraction of sp³-hybridized carbons (Fsp3) is 0.452. The summed E-state index contributed by atoms with van der Waals surface area (Å²) in [6, 6.07) is 12.7. The number of ether oxygens (including phenoxy) is 1. The summed E-state index contributed by atoms with van der Waals surface area (Å²) in [5.74, 6) is -2.45. The normalized spacial score (nSPS) is 30.9. The number of hydrogen-bond acceptors (Lipinski definition) is 5. The van der Waals surface area contributed by atoms with Gasteiger partial charge in [0, 0.05) is 32.4 Å². The Hall–Kier alpha value is -3.49. The van der Waals surface area contributed by atoms with Gasteiger partial charge in [-0.1, -0.05) is 49.4 Å². The molecule has 1 spiro atoms. The molecule has 3 amide bonds. The Labute approximate surface area is 229 Å². The van der Waals surface area contributed by atoms with Gasteiger partial charge in [0.25, 0.3) is 5.91 Å². The summed E-state index contributed by atoms with van der Waals surface area (Å²) in [4.78, 5) is 47.0. The Morgan fingerprint density at radius 3 is 2.49 bits per heavy atom. The molecule has 2 bridgehead atoms. The quantitative estimate of drug-likeness (QED) is 0.503. The van der Waals surface area contributed by atoms with E-state index in [9.17, 15) is 19.5 Å². The lowest BCUT2D eigenvalue weighted by Gasteiger charge is -2.38. The average molecular weight is 532 g/mol. The molecule has 2 aromatic rings. The minimum absolute atomic E-state index is 0.0228. The van der Waals surface area contributed by atoms with Gasteiger partial charge in [0.1, 0.15) is 11.6 Å². The van der Waals surface area contributed by atoms with E-state index in [2.05, 4.69) is 13.2 Å². The van der Waals surface area contributed by atoms with E-state index in [1.165, 1.54) is 4.90 Å². The first-order valence-corrected chi connectivity index (χ1v) is 13.5. The molecule has 3 aliphatic heterocycles. The van der Waals surface area contributed by atoms with E-state index in [1.807, 2.05) is 56.3 Å². The SMILES string of the molecule is C=CCN(C)C(=O)[C@@H]1[C@H]2C(=O)N(CCO)C(C(=O)N(CC=C)c3ccc4ccccc4c3)C23CC(C)[C@@]1(C)O3. The molecule has 0 aromatic heterocycles. The molecular formula is C31H37N3O5. The molecule has 0 aliphatic carbocycles. The van der Waals surface area contributed by atoms with Crippen LogP contribution in [0.4, 0.5) is 5.69 Å². The topological polar surface area (TPSA) is 90.4 Å². The second kappa shape index (κ2) is 9.92. The molecule has 1 N–H and O–H groups in total. The molecule has 5 rings (SSSR count). The number of likely N-dealkylation sites (N-methyl/N-ethyl adjacent to an activating group) is 1. The predicted octanol–water partition coefficient (Wildman–Crippen LogP) is 3.01. The number of anilines is 1. The van der Waals surface area contributed by atoms with Crippen molar-refractivity contribution in [3.63, 3.8) is 0 Å². The molecule has 8 nitrogen and oxygen atoms in total. The van der Waals surface area contributed by atoms with Crippen molar-refractivity contribution in [2.45, 2.75) is 37.5 Å². The minimum atomic E-state index is -1.18. The third-order valence-corrected chi connectivity index (χ3v) is 9.06. The van der Waals surface area contributed by atoms with Crippen molar-refractivity contribution in [1.82, 2.24) is 9.80 Å². The number of aliphatic hydroxyl groups excluding tert-OH is 1. The first-order valence-electron chi connectivity index (χ1n) is 13.5. The Balaban J connectivity index is 1.61. The van der Waals surface area contributed by atoms with Crippen LogP contribution in [0.15, 0.2) is 67.8 Å². The van der Waals surface area contributed by atoms with Crippen molar-refractivity contribution in [3.8, 4) is 0 Å². The zero-order valence-corrected chi connectivity index (χ0v) is 22.9. The van der Waals surface area contributed by atoms with Gasteiger partial charge in [-0.2, -0.15) is 0 Å². The van der Waals surface area contributed by atoms with E-state index in [-0.39, 0.29) is 43.3 Å². The molecular weight excluding hydrogens is 494 g/mol. The number of rotatable bonds is 9. The van der Waals surface area contributed by atoms with Gasteiger partial charge in [0.2, 0.25) is 11.8 Å². The maximum atomic E-state index is 14.6. The summed E-state index contributed by atoms with van der Waals surface area (Å²) in [6.07, 6.45) is 3.76. The van der Waals surface area contributed by atoms with Crippen LogP contribution in [0.3, 0.4) is 0 Å². The lowest BCUT2D eigenvalue weighted by atomic mass is 9.62. The fourth-order valence-corrected chi connectivity index (χ4v) is 7.21. The molecule has 0 radical (unpaired) electrons.